The van der Waals surface area contributed by atoms with Gasteiger partial charge in [-0.3, -0.25) is 4.98 Å². The van der Waals surface area contributed by atoms with Crippen LogP contribution < -0.4 is 10.6 Å². The van der Waals surface area contributed by atoms with Crippen LogP contribution in [0.3, 0.4) is 0 Å². The van der Waals surface area contributed by atoms with E-state index in [9.17, 15) is 0 Å². The summed E-state index contributed by atoms with van der Waals surface area (Å²) in [6.07, 6.45) is 6.05. The Morgan fingerprint density at radius 1 is 1.00 bits per heavy atom. The van der Waals surface area contributed by atoms with Crippen molar-refractivity contribution in [3.63, 3.8) is 0 Å². The van der Waals surface area contributed by atoms with E-state index in [1.807, 2.05) is 36.5 Å². The van der Waals surface area contributed by atoms with Crippen LogP contribution in [-0.2, 0) is 13.0 Å². The summed E-state index contributed by atoms with van der Waals surface area (Å²) < 4.78 is 0. The molecule has 0 radical (unpaired) electrons. The number of aromatic nitrogens is 3. The average molecular weight is 374 g/mol. The second-order valence-corrected chi connectivity index (χ2v) is 6.24. The van der Waals surface area contributed by atoms with Gasteiger partial charge in [0.05, 0.1) is 0 Å². The summed E-state index contributed by atoms with van der Waals surface area (Å²) >= 11 is 12.1. The van der Waals surface area contributed by atoms with Gasteiger partial charge in [-0.15, -0.1) is 0 Å². The van der Waals surface area contributed by atoms with Crippen molar-refractivity contribution in [3.8, 4) is 0 Å². The van der Waals surface area contributed by atoms with Crippen LogP contribution in [0.25, 0.3) is 0 Å². The van der Waals surface area contributed by atoms with Crippen LogP contribution >= 0.6 is 23.2 Å². The molecule has 5 nitrogen and oxygen atoms in total. The molecule has 0 amide bonds. The van der Waals surface area contributed by atoms with E-state index in [1.165, 1.54) is 0 Å². The van der Waals surface area contributed by atoms with Gasteiger partial charge in [-0.1, -0.05) is 35.3 Å². The Kier molecular flexibility index (Phi) is 6.04. The minimum atomic E-state index is 0.571. The number of anilines is 2. The molecule has 2 heterocycles. The standard InChI is InChI=1S/C18H17Cl2N5/c19-15-4-3-14(16(20)10-15)5-8-22-18-23-9-6-17(25-18)24-12-13-2-1-7-21-11-13/h1-4,6-7,9-11H,5,8,12H2,(H2,22,23,24,25). The van der Waals surface area contributed by atoms with E-state index in [2.05, 4.69) is 25.6 Å². The largest absolute Gasteiger partial charge is 0.366 e. The van der Waals surface area contributed by atoms with Crippen molar-refractivity contribution in [1.82, 2.24) is 15.0 Å². The summed E-state index contributed by atoms with van der Waals surface area (Å²) in [4.78, 5) is 12.8. The highest BCUT2D eigenvalue weighted by Crippen LogP contribution is 2.21. The Morgan fingerprint density at radius 3 is 2.72 bits per heavy atom. The summed E-state index contributed by atoms with van der Waals surface area (Å²) in [6.45, 7) is 1.33. The van der Waals surface area contributed by atoms with Gasteiger partial charge in [0, 0.05) is 41.7 Å². The fourth-order valence-corrected chi connectivity index (χ4v) is 2.77. The predicted octanol–water partition coefficient (Wildman–Crippen LogP) is 4.45. The van der Waals surface area contributed by atoms with E-state index in [-0.39, 0.29) is 0 Å². The first-order chi connectivity index (χ1) is 12.2. The zero-order valence-electron chi connectivity index (χ0n) is 13.4. The Hall–Kier alpha value is -2.37. The number of hydrogen-bond donors (Lipinski definition) is 2. The van der Waals surface area contributed by atoms with Crippen LogP contribution in [0.4, 0.5) is 11.8 Å². The molecule has 2 N–H and O–H groups in total. The lowest BCUT2D eigenvalue weighted by atomic mass is 10.1. The Bertz CT molecular complexity index is 827. The second-order valence-electron chi connectivity index (χ2n) is 5.39. The van der Waals surface area contributed by atoms with E-state index in [4.69, 9.17) is 23.2 Å². The molecule has 0 atom stereocenters. The molecule has 0 aliphatic heterocycles. The third kappa shape index (κ3) is 5.31. The van der Waals surface area contributed by atoms with E-state index in [1.54, 1.807) is 18.5 Å². The minimum absolute atomic E-state index is 0.571. The molecule has 0 saturated carbocycles. The van der Waals surface area contributed by atoms with Crippen molar-refractivity contribution in [2.45, 2.75) is 13.0 Å². The maximum absolute atomic E-state index is 6.18. The van der Waals surface area contributed by atoms with Gasteiger partial charge in [0.1, 0.15) is 5.82 Å². The maximum Gasteiger partial charge on any atom is 0.224 e. The molecule has 7 heteroatoms. The molecule has 0 saturated heterocycles. The Labute approximate surface area is 156 Å². The first kappa shape index (κ1) is 17.5. The molecule has 0 fully saturated rings. The number of nitrogens with one attached hydrogen (secondary N) is 2. The lowest BCUT2D eigenvalue weighted by molar-refractivity contribution is 0.979. The lowest BCUT2D eigenvalue weighted by Crippen LogP contribution is -2.09. The SMILES string of the molecule is Clc1ccc(CCNc2nccc(NCc3cccnc3)n2)c(Cl)c1. The Morgan fingerprint density at radius 2 is 1.92 bits per heavy atom. The van der Waals surface area contributed by atoms with Crippen molar-refractivity contribution in [1.29, 1.82) is 0 Å². The van der Waals surface area contributed by atoms with E-state index in [0.29, 0.717) is 29.1 Å². The number of nitrogens with zero attached hydrogens (tertiary/aromatic N) is 3. The van der Waals surface area contributed by atoms with E-state index < -0.39 is 0 Å². The molecule has 0 spiro atoms. The van der Waals surface area contributed by atoms with Gasteiger partial charge in [-0.2, -0.15) is 4.98 Å². The van der Waals surface area contributed by atoms with Gasteiger partial charge in [0.15, 0.2) is 0 Å². The van der Waals surface area contributed by atoms with Crippen molar-refractivity contribution >= 4 is 35.0 Å². The molecule has 0 aliphatic carbocycles. The summed E-state index contributed by atoms with van der Waals surface area (Å²) in [5.41, 5.74) is 2.12. The molecule has 128 valence electrons. The molecule has 0 unspecified atom stereocenters. The highest BCUT2D eigenvalue weighted by Gasteiger charge is 2.03. The summed E-state index contributed by atoms with van der Waals surface area (Å²) in [7, 11) is 0. The molecule has 3 aromatic rings. The van der Waals surface area contributed by atoms with Crippen LogP contribution in [0.2, 0.25) is 10.0 Å². The van der Waals surface area contributed by atoms with E-state index in [0.717, 1.165) is 23.4 Å². The smallest absolute Gasteiger partial charge is 0.224 e. The number of hydrogen-bond acceptors (Lipinski definition) is 5. The van der Waals surface area contributed by atoms with Crippen molar-refractivity contribution in [3.05, 3.63) is 76.2 Å². The molecule has 0 aliphatic rings. The molecule has 25 heavy (non-hydrogen) atoms. The molecule has 2 aromatic heterocycles. The molecular formula is C18H17Cl2N5. The van der Waals surface area contributed by atoms with Crippen LogP contribution in [0.5, 0.6) is 0 Å². The second kappa shape index (κ2) is 8.65. The normalized spacial score (nSPS) is 10.5. The molecule has 3 rings (SSSR count). The van der Waals surface area contributed by atoms with Crippen LogP contribution in [0.1, 0.15) is 11.1 Å². The third-order valence-electron chi connectivity index (χ3n) is 3.54. The molecular weight excluding hydrogens is 357 g/mol. The van der Waals surface area contributed by atoms with Crippen LogP contribution in [0, 0.1) is 0 Å². The van der Waals surface area contributed by atoms with Gasteiger partial charge >= 0.3 is 0 Å². The quantitative estimate of drug-likeness (QED) is 0.640. The first-order valence-electron chi connectivity index (χ1n) is 7.84. The zero-order valence-corrected chi connectivity index (χ0v) is 14.9. The van der Waals surface area contributed by atoms with Gasteiger partial charge in [-0.05, 0) is 41.8 Å². The summed E-state index contributed by atoms with van der Waals surface area (Å²) in [6, 6.07) is 11.3. The number of benzene rings is 1. The number of rotatable bonds is 7. The van der Waals surface area contributed by atoms with Crippen molar-refractivity contribution in [2.24, 2.45) is 0 Å². The van der Waals surface area contributed by atoms with Gasteiger partial charge in [0.2, 0.25) is 5.95 Å². The third-order valence-corrected chi connectivity index (χ3v) is 4.13. The number of pyridine rings is 1. The summed E-state index contributed by atoms with van der Waals surface area (Å²) in [5.74, 6) is 1.33. The molecule has 1 aromatic carbocycles. The van der Waals surface area contributed by atoms with Gasteiger partial charge in [-0.25, -0.2) is 4.98 Å². The van der Waals surface area contributed by atoms with Gasteiger partial charge in [0.25, 0.3) is 0 Å². The number of halogens is 2. The predicted molar refractivity (Wildman–Crippen MR) is 102 cm³/mol. The topological polar surface area (TPSA) is 62.7 Å². The monoisotopic (exact) mass is 373 g/mol. The Balaban J connectivity index is 1.53. The van der Waals surface area contributed by atoms with Crippen molar-refractivity contribution in [2.75, 3.05) is 17.2 Å². The maximum atomic E-state index is 6.18. The average Bonchev–Trinajstić information content (AvgIpc) is 2.63. The fraction of sp³-hybridized carbons (Fsp3) is 0.167. The van der Waals surface area contributed by atoms with E-state index >= 15 is 0 Å². The molecule has 0 bridgehead atoms. The van der Waals surface area contributed by atoms with Crippen molar-refractivity contribution < 1.29 is 0 Å². The highest BCUT2D eigenvalue weighted by molar-refractivity contribution is 6.35. The lowest BCUT2D eigenvalue weighted by Gasteiger charge is -2.09. The first-order valence-corrected chi connectivity index (χ1v) is 8.60. The highest BCUT2D eigenvalue weighted by atomic mass is 35.5. The van der Waals surface area contributed by atoms with Gasteiger partial charge < -0.3 is 10.6 Å². The zero-order chi connectivity index (χ0) is 17.5. The fourth-order valence-electron chi connectivity index (χ4n) is 2.27. The summed E-state index contributed by atoms with van der Waals surface area (Å²) in [5, 5.41) is 7.77. The van der Waals surface area contributed by atoms with Crippen LogP contribution in [-0.4, -0.2) is 21.5 Å². The van der Waals surface area contributed by atoms with Crippen LogP contribution in [0.15, 0.2) is 55.0 Å². The minimum Gasteiger partial charge on any atom is -0.366 e.